The molecule has 2 rings (SSSR count). The van der Waals surface area contributed by atoms with Crippen LogP contribution in [0.2, 0.25) is 10.6 Å². The standard InChI is InChI=1S/C12H22O.2C4H9.Al/c1-3-7-11(8-4-1)13-12-9-5-2-6-10-12;2*1-4(2)3;/h11-12H,1-10H2;2*4H,1H2,2-3H3;. The topological polar surface area (TPSA) is 9.23 Å². The normalized spacial score (nSPS) is 20.8. The van der Waals surface area contributed by atoms with Gasteiger partial charge in [-0.25, -0.2) is 0 Å². The number of hydrogen-bond donors (Lipinski definition) is 0. The van der Waals surface area contributed by atoms with Crippen LogP contribution in [0.15, 0.2) is 0 Å². The summed E-state index contributed by atoms with van der Waals surface area (Å²) in [6, 6.07) is 0. The summed E-state index contributed by atoms with van der Waals surface area (Å²) in [7, 11) is 0. The third kappa shape index (κ3) is 11.1. The van der Waals surface area contributed by atoms with Crippen molar-refractivity contribution in [3.05, 3.63) is 0 Å². The molecule has 2 saturated carbocycles. The van der Waals surface area contributed by atoms with Crippen molar-refractivity contribution in [3.63, 3.8) is 0 Å². The molecule has 0 aliphatic heterocycles. The van der Waals surface area contributed by atoms with E-state index in [1.807, 2.05) is 0 Å². The van der Waals surface area contributed by atoms with E-state index in [4.69, 9.17) is 4.74 Å². The average molecular weight is 324 g/mol. The van der Waals surface area contributed by atoms with Crippen molar-refractivity contribution in [2.75, 3.05) is 0 Å². The molecule has 0 heterocycles. The Morgan fingerprint density at radius 3 is 1.36 bits per heavy atom. The molecular weight excluding hydrogens is 283 g/mol. The van der Waals surface area contributed by atoms with Crippen molar-refractivity contribution >= 4 is 15.2 Å². The van der Waals surface area contributed by atoms with E-state index in [1.54, 1.807) is 0 Å². The van der Waals surface area contributed by atoms with Gasteiger partial charge in [0, 0.05) is 0 Å². The minimum Gasteiger partial charge on any atom is -0.375 e. The summed E-state index contributed by atoms with van der Waals surface area (Å²) in [6.07, 6.45) is 15.0. The van der Waals surface area contributed by atoms with Gasteiger partial charge in [-0.1, -0.05) is 78.1 Å². The molecular formula is C20H40AlO. The van der Waals surface area contributed by atoms with Crippen LogP contribution in [0.5, 0.6) is 0 Å². The summed E-state index contributed by atoms with van der Waals surface area (Å²) in [6.45, 7) is 9.25. The van der Waals surface area contributed by atoms with Gasteiger partial charge in [-0.2, -0.15) is 0 Å². The van der Waals surface area contributed by atoms with Gasteiger partial charge in [-0.05, 0) is 25.7 Å². The first-order valence-electron chi connectivity index (χ1n) is 10.0. The lowest BCUT2D eigenvalue weighted by Gasteiger charge is -2.29. The smallest absolute Gasteiger partial charge is 0.200 e. The molecule has 0 saturated heterocycles. The fourth-order valence-electron chi connectivity index (χ4n) is 3.44. The summed E-state index contributed by atoms with van der Waals surface area (Å²) in [5.74, 6) is 1.86. The minimum atomic E-state index is 0.622. The van der Waals surface area contributed by atoms with E-state index in [0.717, 1.165) is 27.1 Å². The van der Waals surface area contributed by atoms with Crippen molar-refractivity contribution in [1.29, 1.82) is 0 Å². The zero-order chi connectivity index (χ0) is 16.2. The quantitative estimate of drug-likeness (QED) is 0.506. The molecule has 22 heavy (non-hydrogen) atoms. The van der Waals surface area contributed by atoms with Crippen LogP contribution < -0.4 is 0 Å². The van der Waals surface area contributed by atoms with E-state index in [2.05, 4.69) is 27.7 Å². The molecule has 2 heteroatoms. The first-order valence-corrected chi connectivity index (χ1v) is 11.7. The van der Waals surface area contributed by atoms with Gasteiger partial charge in [0.15, 0.2) is 0 Å². The average Bonchev–Trinajstić information content (AvgIpc) is 2.49. The monoisotopic (exact) mass is 323 g/mol. The van der Waals surface area contributed by atoms with Crippen LogP contribution in [-0.2, 0) is 4.74 Å². The number of rotatable bonds is 6. The maximum absolute atomic E-state index is 6.13. The summed E-state index contributed by atoms with van der Waals surface area (Å²) >= 11 is 0.755. The predicted octanol–water partition coefficient (Wildman–Crippen LogP) is 6.51. The Hall–Kier alpha value is 0.492. The van der Waals surface area contributed by atoms with Gasteiger partial charge in [-0.15, -0.1) is 10.6 Å². The van der Waals surface area contributed by atoms with Crippen LogP contribution in [0.25, 0.3) is 0 Å². The highest BCUT2D eigenvalue weighted by atomic mass is 27.1. The van der Waals surface area contributed by atoms with Crippen molar-refractivity contribution in [2.24, 2.45) is 11.8 Å². The second kappa shape index (κ2) is 12.9. The summed E-state index contributed by atoms with van der Waals surface area (Å²) < 4.78 is 6.13. The van der Waals surface area contributed by atoms with Gasteiger partial charge in [0.05, 0.1) is 12.2 Å². The highest BCUT2D eigenvalue weighted by molar-refractivity contribution is 6.35. The molecule has 2 aliphatic rings. The Labute approximate surface area is 146 Å². The Morgan fingerprint density at radius 2 is 1.05 bits per heavy atom. The van der Waals surface area contributed by atoms with E-state index in [1.165, 1.54) is 74.8 Å². The van der Waals surface area contributed by atoms with Crippen LogP contribution >= 0.6 is 0 Å². The molecule has 0 bridgehead atoms. The molecule has 2 aliphatic carbocycles. The molecule has 2 fully saturated rings. The molecule has 129 valence electrons. The van der Waals surface area contributed by atoms with E-state index >= 15 is 0 Å². The zero-order valence-electron chi connectivity index (χ0n) is 15.8. The van der Waals surface area contributed by atoms with E-state index in [0.29, 0.717) is 12.2 Å². The van der Waals surface area contributed by atoms with Crippen LogP contribution in [0.4, 0.5) is 0 Å². The maximum atomic E-state index is 6.13. The van der Waals surface area contributed by atoms with Gasteiger partial charge < -0.3 is 4.74 Å². The molecule has 1 radical (unpaired) electrons. The largest absolute Gasteiger partial charge is 0.375 e. The number of hydrogen-bond acceptors (Lipinski definition) is 1. The van der Waals surface area contributed by atoms with E-state index in [9.17, 15) is 0 Å². The van der Waals surface area contributed by atoms with Gasteiger partial charge in [0.1, 0.15) is 0 Å². The molecule has 0 spiro atoms. The third-order valence-corrected chi connectivity index (χ3v) is 7.32. The minimum absolute atomic E-state index is 0.622. The molecule has 1 nitrogen and oxygen atoms in total. The second-order valence-corrected chi connectivity index (χ2v) is 9.72. The Morgan fingerprint density at radius 1 is 0.682 bits per heavy atom. The lowest BCUT2D eigenvalue weighted by Crippen LogP contribution is -2.25. The fourth-order valence-corrected chi connectivity index (χ4v) is 4.96. The molecule has 0 unspecified atom stereocenters. The van der Waals surface area contributed by atoms with E-state index in [-0.39, 0.29) is 0 Å². The maximum Gasteiger partial charge on any atom is 0.200 e. The molecule has 0 aromatic rings. The van der Waals surface area contributed by atoms with Gasteiger partial charge in [0.25, 0.3) is 0 Å². The highest BCUT2D eigenvalue weighted by Gasteiger charge is 2.20. The van der Waals surface area contributed by atoms with Crippen molar-refractivity contribution < 1.29 is 4.74 Å². The van der Waals surface area contributed by atoms with Crippen molar-refractivity contribution in [1.82, 2.24) is 0 Å². The van der Waals surface area contributed by atoms with Gasteiger partial charge in [0.2, 0.25) is 15.2 Å². The highest BCUT2D eigenvalue weighted by Crippen LogP contribution is 2.26. The Kier molecular flexibility index (Phi) is 12.0. The van der Waals surface area contributed by atoms with E-state index < -0.39 is 0 Å². The van der Waals surface area contributed by atoms with Crippen LogP contribution in [0.3, 0.4) is 0 Å². The van der Waals surface area contributed by atoms with Gasteiger partial charge in [-0.3, -0.25) is 0 Å². The van der Waals surface area contributed by atoms with Crippen LogP contribution in [-0.4, -0.2) is 27.4 Å². The molecule has 0 atom stereocenters. The molecule has 0 amide bonds. The first-order chi connectivity index (χ1) is 10.6. The zero-order valence-corrected chi connectivity index (χ0v) is 16.9. The van der Waals surface area contributed by atoms with Crippen LogP contribution in [0, 0.1) is 11.8 Å². The fraction of sp³-hybridized carbons (Fsp3) is 1.00. The van der Waals surface area contributed by atoms with Crippen LogP contribution in [0.1, 0.15) is 91.9 Å². The Balaban J connectivity index is 0.000000239. The first kappa shape index (κ1) is 20.5. The van der Waals surface area contributed by atoms with Crippen molar-refractivity contribution in [2.45, 2.75) is 115 Å². The summed E-state index contributed by atoms with van der Waals surface area (Å²) in [5.41, 5.74) is 0. The lowest BCUT2D eigenvalue weighted by molar-refractivity contribution is -0.0450. The summed E-state index contributed by atoms with van der Waals surface area (Å²) in [5, 5.41) is 2.97. The summed E-state index contributed by atoms with van der Waals surface area (Å²) in [4.78, 5) is 0. The molecule has 0 aromatic carbocycles. The van der Waals surface area contributed by atoms with Crippen molar-refractivity contribution in [3.8, 4) is 0 Å². The second-order valence-electron chi connectivity index (χ2n) is 8.20. The number of ether oxygens (including phenoxy) is 1. The Bertz CT molecular complexity index is 216. The predicted molar refractivity (Wildman–Crippen MR) is 99.9 cm³/mol. The SMILES string of the molecule is C1CCC(OC2CCCCC2)CC1.CC(C)[CH2][Al][CH2]C(C)C. The molecule has 0 aromatic heterocycles. The molecule has 0 N–H and O–H groups in total. The third-order valence-electron chi connectivity index (χ3n) is 4.77. The lowest BCUT2D eigenvalue weighted by atomic mass is 9.95. The van der Waals surface area contributed by atoms with Gasteiger partial charge >= 0.3 is 0 Å².